The second-order valence-corrected chi connectivity index (χ2v) is 7.82. The summed E-state index contributed by atoms with van der Waals surface area (Å²) in [6.07, 6.45) is 2.00. The van der Waals surface area contributed by atoms with Crippen molar-refractivity contribution in [2.75, 3.05) is 19.6 Å². The zero-order valence-electron chi connectivity index (χ0n) is 11.8. The van der Waals surface area contributed by atoms with Crippen LogP contribution in [-0.2, 0) is 10.0 Å². The lowest BCUT2D eigenvalue weighted by Gasteiger charge is -2.34. The summed E-state index contributed by atoms with van der Waals surface area (Å²) in [4.78, 5) is -0.0458. The molecule has 21 heavy (non-hydrogen) atoms. The van der Waals surface area contributed by atoms with Crippen LogP contribution in [0.4, 0.5) is 0 Å². The van der Waals surface area contributed by atoms with Gasteiger partial charge in [-0.25, -0.2) is 13.1 Å². The van der Waals surface area contributed by atoms with Gasteiger partial charge in [0.2, 0.25) is 10.0 Å². The molecule has 1 fully saturated rings. The number of halogens is 1. The molecule has 7 heteroatoms. The van der Waals surface area contributed by atoms with Gasteiger partial charge in [-0.1, -0.05) is 18.5 Å². The van der Waals surface area contributed by atoms with Crippen molar-refractivity contribution in [3.63, 3.8) is 0 Å². The van der Waals surface area contributed by atoms with Crippen LogP contribution in [0.2, 0.25) is 5.02 Å². The number of piperidine rings is 1. The predicted octanol–water partition coefficient (Wildman–Crippen LogP) is 1.88. The largest absolute Gasteiger partial charge is 0.316 e. The highest BCUT2D eigenvalue weighted by Gasteiger charge is 2.29. The highest BCUT2D eigenvalue weighted by atomic mass is 35.5. The third-order valence-electron chi connectivity index (χ3n) is 3.72. The Morgan fingerprint density at radius 3 is 2.90 bits per heavy atom. The minimum absolute atomic E-state index is 0.0458. The molecular formula is C14H18ClN3O2S. The summed E-state index contributed by atoms with van der Waals surface area (Å²) in [5.74, 6) is 0. The highest BCUT2D eigenvalue weighted by molar-refractivity contribution is 7.89. The van der Waals surface area contributed by atoms with E-state index in [1.807, 2.05) is 6.07 Å². The Kier molecular flexibility index (Phi) is 4.89. The molecule has 0 spiro atoms. The summed E-state index contributed by atoms with van der Waals surface area (Å²) >= 11 is 5.95. The molecule has 1 heterocycles. The summed E-state index contributed by atoms with van der Waals surface area (Å²) in [6.45, 7) is 4.14. The van der Waals surface area contributed by atoms with Gasteiger partial charge in [-0.3, -0.25) is 0 Å². The molecule has 1 atom stereocenters. The minimum Gasteiger partial charge on any atom is -0.316 e. The number of rotatable bonds is 4. The van der Waals surface area contributed by atoms with Gasteiger partial charge in [-0.05, 0) is 43.0 Å². The van der Waals surface area contributed by atoms with Gasteiger partial charge in [0, 0.05) is 13.1 Å². The quantitative estimate of drug-likeness (QED) is 0.884. The smallest absolute Gasteiger partial charge is 0.242 e. The third-order valence-corrected chi connectivity index (χ3v) is 5.61. The number of nitriles is 1. The first-order chi connectivity index (χ1) is 9.86. The van der Waals surface area contributed by atoms with Crippen LogP contribution in [0.15, 0.2) is 23.1 Å². The Bertz CT molecular complexity index is 661. The Morgan fingerprint density at radius 1 is 1.52 bits per heavy atom. The van der Waals surface area contributed by atoms with E-state index >= 15 is 0 Å². The molecular weight excluding hydrogens is 310 g/mol. The van der Waals surface area contributed by atoms with E-state index in [0.717, 1.165) is 25.9 Å². The van der Waals surface area contributed by atoms with Crippen LogP contribution in [0, 0.1) is 16.7 Å². The van der Waals surface area contributed by atoms with Gasteiger partial charge in [-0.15, -0.1) is 0 Å². The number of benzene rings is 1. The number of hydrogen-bond donors (Lipinski definition) is 2. The molecule has 0 aromatic heterocycles. The Labute approximate surface area is 130 Å². The summed E-state index contributed by atoms with van der Waals surface area (Å²) in [6, 6.07) is 6.14. The Morgan fingerprint density at radius 2 is 2.29 bits per heavy atom. The lowest BCUT2D eigenvalue weighted by molar-refractivity contribution is 0.238. The van der Waals surface area contributed by atoms with Crippen molar-refractivity contribution in [2.45, 2.75) is 24.7 Å². The van der Waals surface area contributed by atoms with Crippen molar-refractivity contribution in [3.8, 4) is 6.07 Å². The Hall–Kier alpha value is -1.13. The molecule has 1 saturated heterocycles. The van der Waals surface area contributed by atoms with E-state index in [9.17, 15) is 8.42 Å². The fourth-order valence-electron chi connectivity index (χ4n) is 2.40. The van der Waals surface area contributed by atoms with E-state index < -0.39 is 10.0 Å². The number of sulfonamides is 1. The number of hydrogen-bond acceptors (Lipinski definition) is 4. The van der Waals surface area contributed by atoms with Crippen LogP contribution in [-0.4, -0.2) is 28.1 Å². The molecule has 0 aliphatic carbocycles. The molecule has 0 amide bonds. The standard InChI is InChI=1S/C14H18ClN3O2S/c1-14(5-2-6-17-9-14)10-18-21(19,20)13-7-11(8-16)3-4-12(13)15/h3-4,7,17-18H,2,5-6,9-10H2,1H3. The van der Waals surface area contributed by atoms with Crippen LogP contribution < -0.4 is 10.0 Å². The van der Waals surface area contributed by atoms with Crippen molar-refractivity contribution >= 4 is 21.6 Å². The maximum absolute atomic E-state index is 12.4. The van der Waals surface area contributed by atoms with Crippen LogP contribution in [0.1, 0.15) is 25.3 Å². The molecule has 0 radical (unpaired) electrons. The molecule has 1 unspecified atom stereocenters. The van der Waals surface area contributed by atoms with Gasteiger partial charge in [0.1, 0.15) is 4.90 Å². The van der Waals surface area contributed by atoms with E-state index in [2.05, 4.69) is 17.0 Å². The molecule has 114 valence electrons. The zero-order valence-corrected chi connectivity index (χ0v) is 13.4. The lowest BCUT2D eigenvalue weighted by Crippen LogP contribution is -2.45. The second kappa shape index (κ2) is 6.32. The SMILES string of the molecule is CC1(CNS(=O)(=O)c2cc(C#N)ccc2Cl)CCCNC1. The second-order valence-electron chi connectivity index (χ2n) is 5.67. The van der Waals surface area contributed by atoms with Gasteiger partial charge in [0.25, 0.3) is 0 Å². The average Bonchev–Trinajstić information content (AvgIpc) is 2.47. The summed E-state index contributed by atoms with van der Waals surface area (Å²) in [5.41, 5.74) is 0.162. The van der Waals surface area contributed by atoms with Gasteiger partial charge >= 0.3 is 0 Å². The van der Waals surface area contributed by atoms with Gasteiger partial charge < -0.3 is 5.32 Å². The minimum atomic E-state index is -3.72. The zero-order chi connectivity index (χ0) is 15.5. The molecule has 0 bridgehead atoms. The molecule has 5 nitrogen and oxygen atoms in total. The lowest BCUT2D eigenvalue weighted by atomic mass is 9.83. The predicted molar refractivity (Wildman–Crippen MR) is 81.6 cm³/mol. The van der Waals surface area contributed by atoms with Crippen molar-refractivity contribution in [2.24, 2.45) is 5.41 Å². The van der Waals surface area contributed by atoms with E-state index in [1.54, 1.807) is 0 Å². The number of nitrogens with one attached hydrogen (secondary N) is 2. The molecule has 2 N–H and O–H groups in total. The first-order valence-corrected chi connectivity index (χ1v) is 8.62. The molecule has 1 aliphatic rings. The molecule has 0 saturated carbocycles. The summed E-state index contributed by atoms with van der Waals surface area (Å²) in [5, 5.41) is 12.3. The van der Waals surface area contributed by atoms with E-state index in [-0.39, 0.29) is 20.9 Å². The fraction of sp³-hybridized carbons (Fsp3) is 0.500. The topological polar surface area (TPSA) is 82.0 Å². The van der Waals surface area contributed by atoms with Crippen molar-refractivity contribution in [1.29, 1.82) is 5.26 Å². The molecule has 1 aromatic carbocycles. The molecule has 1 aliphatic heterocycles. The van der Waals surface area contributed by atoms with E-state index in [0.29, 0.717) is 6.54 Å². The Balaban J connectivity index is 2.17. The van der Waals surface area contributed by atoms with Crippen LogP contribution in [0.25, 0.3) is 0 Å². The first-order valence-electron chi connectivity index (χ1n) is 6.76. The fourth-order valence-corrected chi connectivity index (χ4v) is 4.12. The average molecular weight is 328 g/mol. The van der Waals surface area contributed by atoms with Crippen molar-refractivity contribution in [1.82, 2.24) is 10.0 Å². The van der Waals surface area contributed by atoms with Crippen molar-refractivity contribution in [3.05, 3.63) is 28.8 Å². The van der Waals surface area contributed by atoms with Crippen LogP contribution in [0.5, 0.6) is 0 Å². The highest BCUT2D eigenvalue weighted by Crippen LogP contribution is 2.26. The van der Waals surface area contributed by atoms with Crippen LogP contribution in [0.3, 0.4) is 0 Å². The summed E-state index contributed by atoms with van der Waals surface area (Å²) < 4.78 is 27.4. The van der Waals surface area contributed by atoms with Gasteiger partial charge in [-0.2, -0.15) is 5.26 Å². The molecule has 2 rings (SSSR count). The number of nitrogens with zero attached hydrogens (tertiary/aromatic N) is 1. The third kappa shape index (κ3) is 3.95. The van der Waals surface area contributed by atoms with E-state index in [4.69, 9.17) is 16.9 Å². The monoisotopic (exact) mass is 327 g/mol. The normalized spacial score (nSPS) is 22.7. The van der Waals surface area contributed by atoms with Gasteiger partial charge in [0.15, 0.2) is 0 Å². The van der Waals surface area contributed by atoms with Crippen molar-refractivity contribution < 1.29 is 8.42 Å². The van der Waals surface area contributed by atoms with Gasteiger partial charge in [0.05, 0.1) is 16.7 Å². The summed E-state index contributed by atoms with van der Waals surface area (Å²) in [7, 11) is -3.72. The molecule has 1 aromatic rings. The maximum Gasteiger partial charge on any atom is 0.242 e. The van der Waals surface area contributed by atoms with E-state index in [1.165, 1.54) is 18.2 Å². The maximum atomic E-state index is 12.4. The van der Waals surface area contributed by atoms with Crippen LogP contribution >= 0.6 is 11.6 Å². The first kappa shape index (κ1) is 16.2.